The molecule has 0 spiro atoms. The number of fused-ring (bicyclic) bond motifs is 2. The third kappa shape index (κ3) is 5.09. The molecule has 29 heavy (non-hydrogen) atoms. The number of halogens is 1. The first-order chi connectivity index (χ1) is 13.7. The second-order valence-electron chi connectivity index (χ2n) is 6.21. The average Bonchev–Trinajstić information content (AvgIpc) is 2.99. The number of rotatable bonds is 2. The Hall–Kier alpha value is -2.10. The van der Waals surface area contributed by atoms with Crippen LogP contribution >= 0.6 is 23.4 Å². The van der Waals surface area contributed by atoms with E-state index in [2.05, 4.69) is 76.3 Å². The Balaban J connectivity index is 0.000000353. The molecular weight excluding hydrogens is 432 g/mol. The first kappa shape index (κ1) is 21.6. The van der Waals surface area contributed by atoms with Crippen molar-refractivity contribution in [3.8, 4) is 0 Å². The number of nitrogens with zero attached hydrogens (tertiary/aromatic N) is 2. The van der Waals surface area contributed by atoms with E-state index in [1.165, 1.54) is 32.2 Å². The molecule has 9 heteroatoms. The molecule has 0 saturated heterocycles. The number of aromatic nitrogens is 1. The van der Waals surface area contributed by atoms with Crippen LogP contribution < -0.4 is 9.47 Å². The molecule has 0 N–H and O–H groups in total. The van der Waals surface area contributed by atoms with Crippen LogP contribution in [0.4, 0.5) is 5.69 Å². The number of aryl methyl sites for hydroxylation is 1. The number of pyridine rings is 1. The van der Waals surface area contributed by atoms with Crippen LogP contribution in [0.2, 0.25) is 5.02 Å². The van der Waals surface area contributed by atoms with Crippen LogP contribution in [-0.2, 0) is 21.6 Å². The first-order valence-corrected chi connectivity index (χ1v) is 11.0. The highest BCUT2D eigenvalue weighted by atomic mass is 35.5. The molecule has 0 saturated carbocycles. The topological polar surface area (TPSA) is 73.5 Å². The number of para-hydroxylation sites is 1. The Morgan fingerprint density at radius 2 is 1.86 bits per heavy atom. The summed E-state index contributed by atoms with van der Waals surface area (Å²) in [4.78, 5) is 3.42. The lowest BCUT2D eigenvalue weighted by atomic mass is 10.2. The summed E-state index contributed by atoms with van der Waals surface area (Å²) in [5.74, 6) is 0. The van der Waals surface area contributed by atoms with Crippen molar-refractivity contribution in [3.05, 3.63) is 70.3 Å². The van der Waals surface area contributed by atoms with Gasteiger partial charge in [-0.05, 0) is 30.3 Å². The SMILES string of the molecule is CN1/C(=C/c2ccc3ccccc3[n+]2C)Sc2cc(Cl)ccc21.COS(=O)(=O)[O-]. The van der Waals surface area contributed by atoms with E-state index in [0.717, 1.165) is 12.1 Å². The Morgan fingerprint density at radius 3 is 2.55 bits per heavy atom. The molecule has 0 bridgehead atoms. The predicted molar refractivity (Wildman–Crippen MR) is 116 cm³/mol. The molecule has 152 valence electrons. The minimum atomic E-state index is -4.41. The van der Waals surface area contributed by atoms with Crippen molar-refractivity contribution in [2.45, 2.75) is 4.90 Å². The van der Waals surface area contributed by atoms with E-state index in [1.54, 1.807) is 11.8 Å². The van der Waals surface area contributed by atoms with Crippen LogP contribution in [0.25, 0.3) is 17.0 Å². The van der Waals surface area contributed by atoms with E-state index in [9.17, 15) is 13.0 Å². The van der Waals surface area contributed by atoms with E-state index < -0.39 is 10.4 Å². The van der Waals surface area contributed by atoms with Crippen LogP contribution in [-0.4, -0.2) is 27.1 Å². The zero-order valence-corrected chi connectivity index (χ0v) is 18.4. The minimum Gasteiger partial charge on any atom is -0.726 e. The fourth-order valence-electron chi connectivity index (χ4n) is 2.90. The van der Waals surface area contributed by atoms with Gasteiger partial charge in [0.25, 0.3) is 0 Å². The van der Waals surface area contributed by atoms with Crippen molar-refractivity contribution in [3.63, 3.8) is 0 Å². The fraction of sp³-hybridized carbons (Fsp3) is 0.150. The Kier molecular flexibility index (Phi) is 6.50. The zero-order valence-electron chi connectivity index (χ0n) is 16.0. The van der Waals surface area contributed by atoms with Crippen molar-refractivity contribution >= 4 is 56.4 Å². The second-order valence-corrected chi connectivity index (χ2v) is 8.86. The highest BCUT2D eigenvalue weighted by molar-refractivity contribution is 8.03. The van der Waals surface area contributed by atoms with Crippen molar-refractivity contribution in [2.75, 3.05) is 19.1 Å². The predicted octanol–water partition coefficient (Wildman–Crippen LogP) is 3.95. The van der Waals surface area contributed by atoms with Gasteiger partial charge in [0.1, 0.15) is 7.05 Å². The van der Waals surface area contributed by atoms with E-state index in [4.69, 9.17) is 11.6 Å². The lowest BCUT2D eigenvalue weighted by molar-refractivity contribution is -0.646. The largest absolute Gasteiger partial charge is 0.726 e. The quantitative estimate of drug-likeness (QED) is 0.334. The summed E-state index contributed by atoms with van der Waals surface area (Å²) in [6.07, 6.45) is 2.23. The van der Waals surface area contributed by atoms with Gasteiger partial charge in [0.05, 0.1) is 17.8 Å². The summed E-state index contributed by atoms with van der Waals surface area (Å²) in [5.41, 5.74) is 3.61. The molecule has 0 aliphatic carbocycles. The van der Waals surface area contributed by atoms with Crippen LogP contribution in [0, 0.1) is 0 Å². The van der Waals surface area contributed by atoms with Crippen molar-refractivity contribution in [2.24, 2.45) is 7.05 Å². The highest BCUT2D eigenvalue weighted by Gasteiger charge is 2.23. The van der Waals surface area contributed by atoms with Crippen molar-refractivity contribution < 1.29 is 21.7 Å². The standard InChI is InChI=1S/C19H16ClN2S.CH4O4S/c1-21-15(9-7-13-5-3-4-6-16(13)21)12-19-22(2)17-10-8-14(20)11-18(17)23-19;1-5-6(2,3)4/h3-12H,1-2H3;1H3,(H,2,3,4)/q+1;/p-1. The lowest BCUT2D eigenvalue weighted by Crippen LogP contribution is -2.32. The zero-order chi connectivity index (χ0) is 21.2. The molecule has 0 radical (unpaired) electrons. The van der Waals surface area contributed by atoms with Crippen molar-refractivity contribution in [1.29, 1.82) is 0 Å². The summed E-state index contributed by atoms with van der Waals surface area (Å²) in [7, 11) is 0.602. The van der Waals surface area contributed by atoms with Gasteiger partial charge in [-0.25, -0.2) is 8.42 Å². The van der Waals surface area contributed by atoms with Gasteiger partial charge in [0, 0.05) is 40.6 Å². The first-order valence-electron chi connectivity index (χ1n) is 8.51. The van der Waals surface area contributed by atoms with Gasteiger partial charge in [-0.15, -0.1) is 0 Å². The molecule has 1 aliphatic heterocycles. The molecule has 0 fully saturated rings. The Labute approximate surface area is 179 Å². The molecule has 2 heterocycles. The Bertz CT molecular complexity index is 1200. The fourth-order valence-corrected chi connectivity index (χ4v) is 4.28. The molecule has 2 aromatic carbocycles. The third-order valence-electron chi connectivity index (χ3n) is 4.42. The van der Waals surface area contributed by atoms with Gasteiger partial charge in [-0.3, -0.25) is 4.18 Å². The molecule has 1 aromatic heterocycles. The van der Waals surface area contributed by atoms with Gasteiger partial charge in [0.15, 0.2) is 0 Å². The summed E-state index contributed by atoms with van der Waals surface area (Å²) in [6.45, 7) is 0. The highest BCUT2D eigenvalue weighted by Crippen LogP contribution is 2.46. The van der Waals surface area contributed by atoms with Gasteiger partial charge in [0.2, 0.25) is 21.6 Å². The van der Waals surface area contributed by atoms with Crippen LogP contribution in [0.5, 0.6) is 0 Å². The number of thioether (sulfide) groups is 1. The summed E-state index contributed by atoms with van der Waals surface area (Å²) in [5, 5.41) is 3.23. The van der Waals surface area contributed by atoms with Crippen molar-refractivity contribution in [1.82, 2.24) is 0 Å². The molecule has 0 unspecified atom stereocenters. The van der Waals surface area contributed by atoms with Crippen LogP contribution in [0.3, 0.4) is 0 Å². The maximum atomic E-state index is 9.22. The van der Waals surface area contributed by atoms with E-state index in [0.29, 0.717) is 0 Å². The molecule has 0 amide bonds. The maximum Gasteiger partial charge on any atom is 0.217 e. The normalized spacial score (nSPS) is 14.7. The molecule has 3 aromatic rings. The molecule has 1 aliphatic rings. The average molecular weight is 451 g/mol. The molecular formula is C20H19ClN2O4S2. The summed E-state index contributed by atoms with van der Waals surface area (Å²) in [6, 6.07) is 18.8. The van der Waals surface area contributed by atoms with Crippen LogP contribution in [0.1, 0.15) is 5.69 Å². The van der Waals surface area contributed by atoms with E-state index in [1.807, 2.05) is 12.1 Å². The molecule has 6 nitrogen and oxygen atoms in total. The van der Waals surface area contributed by atoms with Gasteiger partial charge >= 0.3 is 0 Å². The second kappa shape index (κ2) is 8.73. The minimum absolute atomic E-state index is 0.780. The smallest absolute Gasteiger partial charge is 0.217 e. The summed E-state index contributed by atoms with van der Waals surface area (Å²) >= 11 is 7.87. The number of hydrogen-bond donors (Lipinski definition) is 0. The third-order valence-corrected chi connectivity index (χ3v) is 6.21. The van der Waals surface area contributed by atoms with Gasteiger partial charge in [-0.1, -0.05) is 35.5 Å². The number of hydrogen-bond acceptors (Lipinski definition) is 6. The van der Waals surface area contributed by atoms with Crippen LogP contribution in [0.15, 0.2) is 64.5 Å². The maximum absolute atomic E-state index is 9.22. The number of anilines is 1. The van der Waals surface area contributed by atoms with E-state index in [-0.39, 0.29) is 0 Å². The lowest BCUT2D eigenvalue weighted by Gasteiger charge is -2.13. The Morgan fingerprint density at radius 1 is 1.17 bits per heavy atom. The van der Waals surface area contributed by atoms with E-state index >= 15 is 0 Å². The molecule has 4 rings (SSSR count). The van der Waals surface area contributed by atoms with Gasteiger partial charge in [-0.2, -0.15) is 4.57 Å². The number of benzene rings is 2. The monoisotopic (exact) mass is 450 g/mol. The van der Waals surface area contributed by atoms with Gasteiger partial charge < -0.3 is 9.45 Å². The summed E-state index contributed by atoms with van der Waals surface area (Å²) < 4.78 is 33.2. The molecule has 0 atom stereocenters.